The number of aromatic nitrogens is 2. The Morgan fingerprint density at radius 2 is 2.06 bits per heavy atom. The van der Waals surface area contributed by atoms with Crippen LogP contribution in [0.3, 0.4) is 0 Å². The molecule has 2 aromatic rings. The van der Waals surface area contributed by atoms with Gasteiger partial charge in [-0.05, 0) is 24.6 Å². The normalized spacial score (nSPS) is 12.1. The maximum atomic E-state index is 8.79. The molecule has 0 saturated heterocycles. The highest BCUT2D eigenvalue weighted by Gasteiger charge is 2.04. The van der Waals surface area contributed by atoms with E-state index in [9.17, 15) is 0 Å². The van der Waals surface area contributed by atoms with Crippen LogP contribution in [0.15, 0.2) is 36.7 Å². The Morgan fingerprint density at radius 1 is 1.38 bits per heavy atom. The molecule has 0 aliphatic carbocycles. The highest BCUT2D eigenvalue weighted by atomic mass is 35.5. The first-order valence-electron chi connectivity index (χ1n) is 4.91. The van der Waals surface area contributed by atoms with Crippen molar-refractivity contribution in [2.24, 2.45) is 0 Å². The zero-order valence-corrected chi connectivity index (χ0v) is 9.52. The first-order chi connectivity index (χ1) is 7.70. The van der Waals surface area contributed by atoms with Crippen LogP contribution in [0.25, 0.3) is 5.69 Å². The van der Waals surface area contributed by atoms with E-state index in [1.165, 1.54) is 0 Å². The summed E-state index contributed by atoms with van der Waals surface area (Å²) in [4.78, 5) is 0. The highest BCUT2D eigenvalue weighted by Crippen LogP contribution is 2.17. The SMILES string of the molecule is CC(C#N)c1ccc(-n2cc(Cl)cn2)cc1. The van der Waals surface area contributed by atoms with Crippen molar-refractivity contribution < 1.29 is 0 Å². The largest absolute Gasteiger partial charge is 0.239 e. The Morgan fingerprint density at radius 3 is 2.56 bits per heavy atom. The summed E-state index contributed by atoms with van der Waals surface area (Å²) >= 11 is 5.79. The molecule has 0 saturated carbocycles. The standard InChI is InChI=1S/C12H10ClN3/c1-9(6-14)10-2-4-12(5-3-10)16-8-11(13)7-15-16/h2-5,7-9H,1H3. The van der Waals surface area contributed by atoms with Gasteiger partial charge in [0.05, 0.1) is 28.9 Å². The Labute approximate surface area is 98.9 Å². The number of nitrogens with zero attached hydrogens (tertiary/aromatic N) is 3. The molecule has 2 rings (SSSR count). The molecule has 0 N–H and O–H groups in total. The van der Waals surface area contributed by atoms with Gasteiger partial charge in [-0.3, -0.25) is 0 Å². The van der Waals surface area contributed by atoms with Crippen molar-refractivity contribution in [2.75, 3.05) is 0 Å². The second kappa shape index (κ2) is 4.38. The van der Waals surface area contributed by atoms with Crippen molar-refractivity contribution in [3.8, 4) is 11.8 Å². The van der Waals surface area contributed by atoms with E-state index in [1.807, 2.05) is 31.2 Å². The third-order valence-corrected chi connectivity index (χ3v) is 2.60. The fourth-order valence-corrected chi connectivity index (χ4v) is 1.57. The maximum absolute atomic E-state index is 8.79. The molecule has 1 atom stereocenters. The van der Waals surface area contributed by atoms with Crippen molar-refractivity contribution in [1.29, 1.82) is 5.26 Å². The summed E-state index contributed by atoms with van der Waals surface area (Å²) in [7, 11) is 0. The van der Waals surface area contributed by atoms with Crippen LogP contribution in [-0.4, -0.2) is 9.78 Å². The summed E-state index contributed by atoms with van der Waals surface area (Å²) in [5.41, 5.74) is 1.94. The number of nitriles is 1. The van der Waals surface area contributed by atoms with Crippen LogP contribution < -0.4 is 0 Å². The Balaban J connectivity index is 2.30. The second-order valence-corrected chi connectivity index (χ2v) is 3.98. The van der Waals surface area contributed by atoms with E-state index in [0.29, 0.717) is 5.02 Å². The number of hydrogen-bond acceptors (Lipinski definition) is 2. The third-order valence-electron chi connectivity index (χ3n) is 2.40. The van der Waals surface area contributed by atoms with E-state index in [1.54, 1.807) is 17.1 Å². The van der Waals surface area contributed by atoms with Crippen LogP contribution in [0.5, 0.6) is 0 Å². The van der Waals surface area contributed by atoms with Crippen molar-refractivity contribution in [3.63, 3.8) is 0 Å². The predicted octanol–water partition coefficient (Wildman–Crippen LogP) is 3.15. The van der Waals surface area contributed by atoms with Gasteiger partial charge in [0.25, 0.3) is 0 Å². The number of rotatable bonds is 2. The summed E-state index contributed by atoms with van der Waals surface area (Å²) < 4.78 is 1.70. The van der Waals surface area contributed by atoms with Crippen molar-refractivity contribution in [3.05, 3.63) is 47.2 Å². The molecule has 0 spiro atoms. The first-order valence-corrected chi connectivity index (χ1v) is 5.28. The lowest BCUT2D eigenvalue weighted by Crippen LogP contribution is -1.95. The van der Waals surface area contributed by atoms with Crippen LogP contribution in [0.1, 0.15) is 18.4 Å². The van der Waals surface area contributed by atoms with Crippen molar-refractivity contribution in [1.82, 2.24) is 9.78 Å². The molecular weight excluding hydrogens is 222 g/mol. The molecule has 0 radical (unpaired) electrons. The molecule has 1 aromatic carbocycles. The molecule has 0 aliphatic rings. The summed E-state index contributed by atoms with van der Waals surface area (Å²) in [5.74, 6) is -0.0877. The van der Waals surface area contributed by atoms with E-state index in [2.05, 4.69) is 11.2 Å². The van der Waals surface area contributed by atoms with Gasteiger partial charge in [0.2, 0.25) is 0 Å². The van der Waals surface area contributed by atoms with Gasteiger partial charge in [-0.15, -0.1) is 0 Å². The van der Waals surface area contributed by atoms with Crippen LogP contribution in [0.4, 0.5) is 0 Å². The molecule has 0 fully saturated rings. The lowest BCUT2D eigenvalue weighted by Gasteiger charge is -2.05. The summed E-state index contributed by atoms with van der Waals surface area (Å²) in [6.45, 7) is 1.87. The monoisotopic (exact) mass is 231 g/mol. The number of hydrogen-bond donors (Lipinski definition) is 0. The van der Waals surface area contributed by atoms with E-state index in [-0.39, 0.29) is 5.92 Å². The lowest BCUT2D eigenvalue weighted by molar-refractivity contribution is 0.877. The van der Waals surface area contributed by atoms with Gasteiger partial charge in [-0.2, -0.15) is 10.4 Å². The molecule has 0 aliphatic heterocycles. The minimum Gasteiger partial charge on any atom is -0.239 e. The van der Waals surface area contributed by atoms with Gasteiger partial charge in [0.15, 0.2) is 0 Å². The molecule has 1 unspecified atom stereocenters. The van der Waals surface area contributed by atoms with Crippen LogP contribution in [0.2, 0.25) is 5.02 Å². The van der Waals surface area contributed by atoms with E-state index in [0.717, 1.165) is 11.3 Å². The van der Waals surface area contributed by atoms with Crippen LogP contribution in [-0.2, 0) is 0 Å². The molecule has 4 heteroatoms. The van der Waals surface area contributed by atoms with Crippen molar-refractivity contribution >= 4 is 11.6 Å². The summed E-state index contributed by atoms with van der Waals surface area (Å²) in [6, 6.07) is 9.91. The minimum absolute atomic E-state index is 0.0877. The van der Waals surface area contributed by atoms with Gasteiger partial charge in [-0.1, -0.05) is 23.7 Å². The molecule has 0 bridgehead atoms. The van der Waals surface area contributed by atoms with E-state index < -0.39 is 0 Å². The highest BCUT2D eigenvalue weighted by molar-refractivity contribution is 6.30. The van der Waals surface area contributed by atoms with Gasteiger partial charge in [0.1, 0.15) is 0 Å². The van der Waals surface area contributed by atoms with Crippen LogP contribution in [0, 0.1) is 11.3 Å². The maximum Gasteiger partial charge on any atom is 0.0790 e. The molecule has 1 aromatic heterocycles. The number of halogens is 1. The zero-order valence-electron chi connectivity index (χ0n) is 8.76. The van der Waals surface area contributed by atoms with Gasteiger partial charge in [-0.25, -0.2) is 4.68 Å². The average Bonchev–Trinajstić information content (AvgIpc) is 2.75. The van der Waals surface area contributed by atoms with E-state index in [4.69, 9.17) is 16.9 Å². The predicted molar refractivity (Wildman–Crippen MR) is 62.6 cm³/mol. The summed E-state index contributed by atoms with van der Waals surface area (Å²) in [5, 5.41) is 13.5. The number of benzene rings is 1. The first kappa shape index (κ1) is 10.7. The lowest BCUT2D eigenvalue weighted by atomic mass is 10.0. The quantitative estimate of drug-likeness (QED) is 0.797. The molecule has 16 heavy (non-hydrogen) atoms. The van der Waals surface area contributed by atoms with Gasteiger partial charge < -0.3 is 0 Å². The Kier molecular flexibility index (Phi) is 2.93. The van der Waals surface area contributed by atoms with E-state index >= 15 is 0 Å². The van der Waals surface area contributed by atoms with Gasteiger partial charge in [0, 0.05) is 6.20 Å². The van der Waals surface area contributed by atoms with Gasteiger partial charge >= 0.3 is 0 Å². The summed E-state index contributed by atoms with van der Waals surface area (Å²) in [6.07, 6.45) is 3.33. The Bertz CT molecular complexity index is 522. The average molecular weight is 232 g/mol. The minimum atomic E-state index is -0.0877. The molecule has 80 valence electrons. The van der Waals surface area contributed by atoms with Crippen molar-refractivity contribution in [2.45, 2.75) is 12.8 Å². The molecule has 1 heterocycles. The smallest absolute Gasteiger partial charge is 0.0790 e. The molecule has 0 amide bonds. The molecule has 3 nitrogen and oxygen atoms in total. The fourth-order valence-electron chi connectivity index (χ4n) is 1.43. The fraction of sp³-hybridized carbons (Fsp3) is 0.167. The third kappa shape index (κ3) is 2.07. The zero-order chi connectivity index (χ0) is 11.5. The second-order valence-electron chi connectivity index (χ2n) is 3.55. The topological polar surface area (TPSA) is 41.6 Å². The Hall–Kier alpha value is -1.79. The molecular formula is C12H10ClN3. The van der Waals surface area contributed by atoms with Crippen LogP contribution >= 0.6 is 11.6 Å².